The molecule has 27 heavy (non-hydrogen) atoms. The third-order valence-electron chi connectivity index (χ3n) is 4.31. The van der Waals surface area contributed by atoms with Gasteiger partial charge in [-0.05, 0) is 71.8 Å². The molecule has 1 heterocycles. The van der Waals surface area contributed by atoms with Gasteiger partial charge in [-0.15, -0.1) is 0 Å². The van der Waals surface area contributed by atoms with Crippen LogP contribution in [0.4, 0.5) is 11.4 Å². The van der Waals surface area contributed by atoms with Crippen LogP contribution in [0, 0.1) is 17.4 Å². The second-order valence-corrected chi connectivity index (χ2v) is 8.81. The molecule has 3 rings (SSSR count). The van der Waals surface area contributed by atoms with Crippen molar-refractivity contribution in [3.05, 3.63) is 57.2 Å². The van der Waals surface area contributed by atoms with Crippen LogP contribution < -0.4 is 5.32 Å². The molecule has 0 aromatic heterocycles. The minimum absolute atomic E-state index is 0.0964. The molecule has 140 valence electrons. The molecule has 1 aliphatic heterocycles. The van der Waals surface area contributed by atoms with Crippen LogP contribution in [0.25, 0.3) is 0 Å². The number of hydrogen-bond donors (Lipinski definition) is 1. The Hall–Kier alpha value is -1.87. The second-order valence-electron chi connectivity index (χ2n) is 6.39. The number of hydrogen-bond acceptors (Lipinski definition) is 4. The molecule has 2 aromatic carbocycles. The van der Waals surface area contributed by atoms with Gasteiger partial charge in [-0.1, -0.05) is 30.0 Å². The molecule has 0 unspecified atom stereocenters. The van der Waals surface area contributed by atoms with Crippen LogP contribution in [0.5, 0.6) is 0 Å². The van der Waals surface area contributed by atoms with Gasteiger partial charge in [0.05, 0.1) is 5.69 Å². The van der Waals surface area contributed by atoms with Crippen molar-refractivity contribution in [3.63, 3.8) is 0 Å². The Balaban J connectivity index is 1.69. The normalized spacial score (nSPS) is 18.2. The van der Waals surface area contributed by atoms with Crippen LogP contribution in [-0.2, 0) is 9.59 Å². The number of aryl methyl sites for hydroxylation is 2. The molecular weight excluding hydrogens is 473 g/mol. The van der Waals surface area contributed by atoms with E-state index in [9.17, 15) is 9.59 Å². The highest BCUT2D eigenvalue weighted by Crippen LogP contribution is 2.31. The van der Waals surface area contributed by atoms with E-state index < -0.39 is 5.25 Å². The third kappa shape index (κ3) is 4.70. The average Bonchev–Trinajstić information content (AvgIpc) is 2.88. The fourth-order valence-corrected chi connectivity index (χ4v) is 4.31. The molecule has 1 aliphatic rings. The summed E-state index contributed by atoms with van der Waals surface area (Å²) in [5, 5.41) is 3.11. The first kappa shape index (κ1) is 19.9. The zero-order valence-electron chi connectivity index (χ0n) is 15.3. The van der Waals surface area contributed by atoms with Crippen molar-refractivity contribution in [3.8, 4) is 0 Å². The van der Waals surface area contributed by atoms with Crippen molar-refractivity contribution < 1.29 is 9.59 Å². The second kappa shape index (κ2) is 8.43. The number of para-hydroxylation sites is 1. The quantitative estimate of drug-likeness (QED) is 0.639. The molecule has 1 atom stereocenters. The minimum atomic E-state index is -0.457. The van der Waals surface area contributed by atoms with Gasteiger partial charge in [-0.2, -0.15) is 0 Å². The first-order valence-corrected chi connectivity index (χ1v) is 10.5. The lowest BCUT2D eigenvalue weighted by Crippen LogP contribution is -2.30. The maximum Gasteiger partial charge on any atom is 0.242 e. The highest BCUT2D eigenvalue weighted by atomic mass is 127. The Kier molecular flexibility index (Phi) is 6.21. The van der Waals surface area contributed by atoms with Crippen LogP contribution in [0.3, 0.4) is 0 Å². The summed E-state index contributed by atoms with van der Waals surface area (Å²) in [6.07, 6.45) is 0.118. The van der Waals surface area contributed by atoms with Crippen LogP contribution in [0.1, 0.15) is 17.5 Å². The molecule has 5 nitrogen and oxygen atoms in total. The maximum atomic E-state index is 12.5. The summed E-state index contributed by atoms with van der Waals surface area (Å²) in [5.41, 5.74) is 3.62. The molecule has 0 saturated carbocycles. The van der Waals surface area contributed by atoms with E-state index in [1.54, 1.807) is 7.05 Å². The zero-order valence-corrected chi connectivity index (χ0v) is 18.3. The van der Waals surface area contributed by atoms with Gasteiger partial charge in [0.15, 0.2) is 5.17 Å². The largest absolute Gasteiger partial charge is 0.326 e. The number of nitrogens with zero attached hydrogens (tertiary/aromatic N) is 2. The number of carbonyl (C=O) groups is 2. The Morgan fingerprint density at radius 3 is 2.44 bits per heavy atom. The van der Waals surface area contributed by atoms with Gasteiger partial charge < -0.3 is 5.32 Å². The molecule has 0 aliphatic carbocycles. The summed E-state index contributed by atoms with van der Waals surface area (Å²) in [6.45, 7) is 3.91. The molecule has 1 saturated heterocycles. The van der Waals surface area contributed by atoms with Gasteiger partial charge in [0.25, 0.3) is 0 Å². The SMILES string of the molecule is Cc1cccc(C)c1NC(=O)C[C@H]1SC(=Nc2ccc(I)cc2)N(C)C1=O. The summed E-state index contributed by atoms with van der Waals surface area (Å²) < 4.78 is 1.13. The Morgan fingerprint density at radius 1 is 1.19 bits per heavy atom. The molecule has 0 bridgehead atoms. The van der Waals surface area contributed by atoms with E-state index in [2.05, 4.69) is 32.9 Å². The molecule has 2 amide bonds. The van der Waals surface area contributed by atoms with Crippen LogP contribution in [-0.4, -0.2) is 34.2 Å². The van der Waals surface area contributed by atoms with E-state index in [0.717, 1.165) is 26.1 Å². The lowest BCUT2D eigenvalue weighted by molar-refractivity contribution is -0.127. The van der Waals surface area contributed by atoms with Gasteiger partial charge in [0.1, 0.15) is 5.25 Å². The van der Waals surface area contributed by atoms with E-state index in [0.29, 0.717) is 5.17 Å². The minimum Gasteiger partial charge on any atom is -0.326 e. The number of thioether (sulfide) groups is 1. The Labute approximate surface area is 176 Å². The smallest absolute Gasteiger partial charge is 0.242 e. The van der Waals surface area contributed by atoms with Gasteiger partial charge in [-0.3, -0.25) is 14.5 Å². The number of anilines is 1. The Bertz CT molecular complexity index is 892. The van der Waals surface area contributed by atoms with Crippen molar-refractivity contribution in [1.29, 1.82) is 0 Å². The lowest BCUT2D eigenvalue weighted by atomic mass is 10.1. The summed E-state index contributed by atoms with van der Waals surface area (Å²) in [6, 6.07) is 13.6. The van der Waals surface area contributed by atoms with Crippen molar-refractivity contribution in [2.45, 2.75) is 25.5 Å². The molecule has 1 N–H and O–H groups in total. The van der Waals surface area contributed by atoms with Gasteiger partial charge in [-0.25, -0.2) is 4.99 Å². The average molecular weight is 493 g/mol. The number of halogens is 1. The number of nitrogens with one attached hydrogen (secondary N) is 1. The lowest BCUT2D eigenvalue weighted by Gasteiger charge is -2.12. The zero-order chi connectivity index (χ0) is 19.6. The van der Waals surface area contributed by atoms with Crippen molar-refractivity contribution in [2.24, 2.45) is 4.99 Å². The first-order chi connectivity index (χ1) is 12.8. The van der Waals surface area contributed by atoms with Crippen LogP contribution >= 0.6 is 34.4 Å². The Morgan fingerprint density at radius 2 is 1.81 bits per heavy atom. The number of benzene rings is 2. The highest BCUT2D eigenvalue weighted by Gasteiger charge is 2.37. The summed E-state index contributed by atoms with van der Waals surface area (Å²) in [5.74, 6) is -0.261. The van der Waals surface area contributed by atoms with Crippen molar-refractivity contribution >= 4 is 62.7 Å². The fourth-order valence-electron chi connectivity index (χ4n) is 2.79. The maximum absolute atomic E-state index is 12.5. The number of amides is 2. The van der Waals surface area contributed by atoms with E-state index >= 15 is 0 Å². The van der Waals surface area contributed by atoms with E-state index in [1.165, 1.54) is 16.7 Å². The predicted molar refractivity (Wildman–Crippen MR) is 120 cm³/mol. The number of rotatable bonds is 4. The summed E-state index contributed by atoms with van der Waals surface area (Å²) in [4.78, 5) is 31.1. The number of amidine groups is 1. The van der Waals surface area contributed by atoms with E-state index in [4.69, 9.17) is 0 Å². The third-order valence-corrected chi connectivity index (χ3v) is 6.26. The van der Waals surface area contributed by atoms with Gasteiger partial charge in [0.2, 0.25) is 11.8 Å². The van der Waals surface area contributed by atoms with Gasteiger partial charge in [0, 0.05) is 22.7 Å². The van der Waals surface area contributed by atoms with Crippen molar-refractivity contribution in [1.82, 2.24) is 4.90 Å². The highest BCUT2D eigenvalue weighted by molar-refractivity contribution is 14.1. The first-order valence-electron chi connectivity index (χ1n) is 8.49. The van der Waals surface area contributed by atoms with Crippen LogP contribution in [0.2, 0.25) is 0 Å². The van der Waals surface area contributed by atoms with Gasteiger partial charge >= 0.3 is 0 Å². The van der Waals surface area contributed by atoms with Crippen LogP contribution in [0.15, 0.2) is 47.5 Å². The molecule has 2 aromatic rings. The predicted octanol–water partition coefficient (Wildman–Crippen LogP) is 4.50. The topological polar surface area (TPSA) is 61.8 Å². The summed E-state index contributed by atoms with van der Waals surface area (Å²) in [7, 11) is 1.70. The molecule has 1 fully saturated rings. The standard InChI is InChI=1S/C20H20IN3O2S/c1-12-5-4-6-13(2)18(12)23-17(25)11-16-19(26)24(3)20(27-16)22-15-9-7-14(21)8-10-15/h4-10,16H,11H2,1-3H3,(H,23,25)/t16-/m1/s1. The molecule has 0 radical (unpaired) electrons. The fraction of sp³-hybridized carbons (Fsp3) is 0.250. The molecular formula is C20H20IN3O2S. The molecule has 7 heteroatoms. The van der Waals surface area contributed by atoms with Crippen molar-refractivity contribution in [2.75, 3.05) is 12.4 Å². The monoisotopic (exact) mass is 493 g/mol. The van der Waals surface area contributed by atoms with E-state index in [-0.39, 0.29) is 18.2 Å². The molecule has 0 spiro atoms. The van der Waals surface area contributed by atoms with E-state index in [1.807, 2.05) is 56.3 Å². The number of carbonyl (C=O) groups excluding carboxylic acids is 2. The summed E-state index contributed by atoms with van der Waals surface area (Å²) >= 11 is 3.57. The number of aliphatic imine (C=N–C) groups is 1.